The van der Waals surface area contributed by atoms with Crippen LogP contribution in [0.2, 0.25) is 0 Å². The number of nitrogens with one attached hydrogen (secondary N) is 2. The molecule has 0 saturated heterocycles. The summed E-state index contributed by atoms with van der Waals surface area (Å²) in [5, 5.41) is 6.86. The van der Waals surface area contributed by atoms with Crippen molar-refractivity contribution in [3.8, 4) is 0 Å². The van der Waals surface area contributed by atoms with Crippen LogP contribution in [0, 0.1) is 0 Å². The van der Waals surface area contributed by atoms with E-state index in [4.69, 9.17) is 17.2 Å². The van der Waals surface area contributed by atoms with Crippen LogP contribution >= 0.6 is 0 Å². The third-order valence-corrected chi connectivity index (χ3v) is 3.89. The highest BCUT2D eigenvalue weighted by molar-refractivity contribution is 4.65. The minimum Gasteiger partial charge on any atom is -0.329 e. The van der Waals surface area contributed by atoms with Gasteiger partial charge in [-0.1, -0.05) is 0 Å². The third kappa shape index (κ3) is 15.2. The Labute approximate surface area is 149 Å². The molecule has 0 aliphatic rings. The first-order chi connectivity index (χ1) is 11.6. The van der Waals surface area contributed by atoms with Crippen molar-refractivity contribution in [3.05, 3.63) is 0 Å². The number of nitrogens with zero attached hydrogens (tertiary/aromatic N) is 3. The maximum absolute atomic E-state index is 5.70. The van der Waals surface area contributed by atoms with Gasteiger partial charge in [0.1, 0.15) is 0 Å². The number of likely N-dealkylation sites (N-methyl/N-ethyl adjacent to an activating group) is 1. The molecule has 0 bridgehead atoms. The summed E-state index contributed by atoms with van der Waals surface area (Å²) in [6, 6.07) is 0. The first-order valence-electron chi connectivity index (χ1n) is 9.25. The fraction of sp³-hybridized carbons (Fsp3) is 1.00. The van der Waals surface area contributed by atoms with Crippen molar-refractivity contribution in [3.63, 3.8) is 0 Å². The van der Waals surface area contributed by atoms with Crippen molar-refractivity contribution >= 4 is 0 Å². The van der Waals surface area contributed by atoms with Crippen LogP contribution in [-0.4, -0.2) is 120 Å². The van der Waals surface area contributed by atoms with Gasteiger partial charge in [0, 0.05) is 91.6 Å². The van der Waals surface area contributed by atoms with Gasteiger partial charge in [-0.2, -0.15) is 0 Å². The van der Waals surface area contributed by atoms with E-state index in [1.165, 1.54) is 0 Å². The second-order valence-electron chi connectivity index (χ2n) is 6.35. The molecule has 0 fully saturated rings. The van der Waals surface area contributed by atoms with Crippen LogP contribution in [0.15, 0.2) is 0 Å². The molecule has 0 amide bonds. The Balaban J connectivity index is 3.79. The zero-order chi connectivity index (χ0) is 18.0. The summed E-state index contributed by atoms with van der Waals surface area (Å²) < 4.78 is 0. The lowest BCUT2D eigenvalue weighted by atomic mass is 10.4. The van der Waals surface area contributed by atoms with Crippen LogP contribution in [0.4, 0.5) is 0 Å². The fourth-order valence-corrected chi connectivity index (χ4v) is 2.44. The van der Waals surface area contributed by atoms with Gasteiger partial charge in [-0.25, -0.2) is 0 Å². The van der Waals surface area contributed by atoms with E-state index in [0.29, 0.717) is 19.6 Å². The maximum atomic E-state index is 5.70. The normalized spacial score (nSPS) is 12.0. The molecule has 0 aromatic rings. The summed E-state index contributed by atoms with van der Waals surface area (Å²) in [5.41, 5.74) is 16.9. The Hall–Kier alpha value is -0.320. The predicted molar refractivity (Wildman–Crippen MR) is 104 cm³/mol. The second kappa shape index (κ2) is 17.5. The molecular formula is C16H42N8. The molecule has 0 radical (unpaired) electrons. The number of hydrogen-bond donors (Lipinski definition) is 5. The lowest BCUT2D eigenvalue weighted by Crippen LogP contribution is -2.42. The van der Waals surface area contributed by atoms with Gasteiger partial charge < -0.3 is 32.7 Å². The molecule has 0 aromatic heterocycles. The van der Waals surface area contributed by atoms with E-state index in [1.54, 1.807) is 0 Å². The lowest BCUT2D eigenvalue weighted by molar-refractivity contribution is 0.241. The summed E-state index contributed by atoms with van der Waals surface area (Å²) >= 11 is 0. The highest BCUT2D eigenvalue weighted by Crippen LogP contribution is 1.88. The zero-order valence-electron chi connectivity index (χ0n) is 16.0. The van der Waals surface area contributed by atoms with E-state index in [9.17, 15) is 0 Å². The van der Waals surface area contributed by atoms with Crippen LogP contribution in [-0.2, 0) is 0 Å². The molecule has 0 aliphatic carbocycles. The van der Waals surface area contributed by atoms with Gasteiger partial charge in [-0.15, -0.1) is 0 Å². The molecule has 0 spiro atoms. The summed E-state index contributed by atoms with van der Waals surface area (Å²) in [6.07, 6.45) is 0. The Morgan fingerprint density at radius 2 is 1.00 bits per heavy atom. The average molecular weight is 347 g/mol. The van der Waals surface area contributed by atoms with Crippen molar-refractivity contribution in [1.29, 1.82) is 0 Å². The summed E-state index contributed by atoms with van der Waals surface area (Å²) in [6.45, 7) is 13.0. The number of rotatable bonds is 18. The van der Waals surface area contributed by atoms with Crippen LogP contribution in [0.3, 0.4) is 0 Å². The summed E-state index contributed by atoms with van der Waals surface area (Å²) in [4.78, 5) is 7.02. The molecule has 0 rings (SSSR count). The molecule has 8 nitrogen and oxygen atoms in total. The Bertz CT molecular complexity index is 252. The Morgan fingerprint density at radius 3 is 1.42 bits per heavy atom. The second-order valence-corrected chi connectivity index (χ2v) is 6.35. The maximum Gasteiger partial charge on any atom is 0.0110 e. The zero-order valence-corrected chi connectivity index (χ0v) is 16.0. The van der Waals surface area contributed by atoms with E-state index in [1.807, 2.05) is 0 Å². The van der Waals surface area contributed by atoms with Gasteiger partial charge in [0.15, 0.2) is 0 Å². The summed E-state index contributed by atoms with van der Waals surface area (Å²) in [7, 11) is 4.21. The lowest BCUT2D eigenvalue weighted by Gasteiger charge is -2.24. The molecule has 0 atom stereocenters. The van der Waals surface area contributed by atoms with E-state index in [0.717, 1.165) is 72.0 Å². The minimum absolute atomic E-state index is 0.686. The van der Waals surface area contributed by atoms with Crippen LogP contribution in [0.1, 0.15) is 0 Å². The molecule has 0 saturated carbocycles. The van der Waals surface area contributed by atoms with E-state index >= 15 is 0 Å². The summed E-state index contributed by atoms with van der Waals surface area (Å²) in [5.74, 6) is 0. The van der Waals surface area contributed by atoms with Crippen molar-refractivity contribution in [2.75, 3.05) is 106 Å². The topological polar surface area (TPSA) is 112 Å². The van der Waals surface area contributed by atoms with Gasteiger partial charge in [0.2, 0.25) is 0 Å². The highest BCUT2D eigenvalue weighted by Gasteiger charge is 2.05. The van der Waals surface area contributed by atoms with Gasteiger partial charge in [0.25, 0.3) is 0 Å². The third-order valence-electron chi connectivity index (χ3n) is 3.89. The Kier molecular flexibility index (Phi) is 17.3. The SMILES string of the molecule is CN(C)CCN(CCN)CCNCCN(CCN)CCNCCN. The largest absolute Gasteiger partial charge is 0.329 e. The van der Waals surface area contributed by atoms with Gasteiger partial charge in [-0.05, 0) is 14.1 Å². The van der Waals surface area contributed by atoms with E-state index in [-0.39, 0.29) is 0 Å². The van der Waals surface area contributed by atoms with Crippen molar-refractivity contribution in [2.24, 2.45) is 17.2 Å². The molecule has 24 heavy (non-hydrogen) atoms. The van der Waals surface area contributed by atoms with Gasteiger partial charge >= 0.3 is 0 Å². The average Bonchev–Trinajstić information content (AvgIpc) is 2.55. The standard InChI is InChI=1S/C16H42N8/c1-22(2)15-16-24(11-5-19)14-9-21-8-13-23(10-4-18)12-7-20-6-3-17/h20-21H,3-19H2,1-2H3. The first-order valence-corrected chi connectivity index (χ1v) is 9.25. The van der Waals surface area contributed by atoms with E-state index in [2.05, 4.69) is 39.4 Å². The number of nitrogens with two attached hydrogens (primary N) is 3. The van der Waals surface area contributed by atoms with Crippen molar-refractivity contribution < 1.29 is 0 Å². The van der Waals surface area contributed by atoms with E-state index < -0.39 is 0 Å². The smallest absolute Gasteiger partial charge is 0.0110 e. The first kappa shape index (κ1) is 23.7. The van der Waals surface area contributed by atoms with Gasteiger partial charge in [0.05, 0.1) is 0 Å². The molecule has 8 N–H and O–H groups in total. The highest BCUT2D eigenvalue weighted by atomic mass is 15.2. The van der Waals surface area contributed by atoms with Crippen molar-refractivity contribution in [1.82, 2.24) is 25.3 Å². The molecule has 8 heteroatoms. The number of hydrogen-bond acceptors (Lipinski definition) is 8. The Morgan fingerprint density at radius 1 is 0.542 bits per heavy atom. The quantitative estimate of drug-likeness (QED) is 0.169. The van der Waals surface area contributed by atoms with Crippen LogP contribution < -0.4 is 27.8 Å². The minimum atomic E-state index is 0.686. The molecule has 0 aromatic carbocycles. The monoisotopic (exact) mass is 346 g/mol. The van der Waals surface area contributed by atoms with Crippen molar-refractivity contribution in [2.45, 2.75) is 0 Å². The van der Waals surface area contributed by atoms with Crippen LogP contribution in [0.5, 0.6) is 0 Å². The fourth-order valence-electron chi connectivity index (χ4n) is 2.44. The molecule has 0 heterocycles. The predicted octanol–water partition coefficient (Wildman–Crippen LogP) is -2.79. The molecule has 146 valence electrons. The molecular weight excluding hydrogens is 304 g/mol. The molecule has 0 unspecified atom stereocenters. The molecule has 0 aliphatic heterocycles. The van der Waals surface area contributed by atoms with Gasteiger partial charge in [-0.3, -0.25) is 9.80 Å². The van der Waals surface area contributed by atoms with Crippen LogP contribution in [0.25, 0.3) is 0 Å².